The predicted octanol–water partition coefficient (Wildman–Crippen LogP) is 4.81. The van der Waals surface area contributed by atoms with Gasteiger partial charge in [-0.2, -0.15) is 5.10 Å². The van der Waals surface area contributed by atoms with Gasteiger partial charge in [-0.15, -0.1) is 10.2 Å². The zero-order valence-electron chi connectivity index (χ0n) is 19.7. The van der Waals surface area contributed by atoms with Crippen LogP contribution in [-0.4, -0.2) is 32.3 Å². The second-order valence-corrected chi connectivity index (χ2v) is 9.38. The van der Waals surface area contributed by atoms with E-state index in [1.165, 1.54) is 0 Å². The van der Waals surface area contributed by atoms with Crippen molar-refractivity contribution >= 4 is 34.1 Å². The molecule has 2 aliphatic rings. The van der Waals surface area contributed by atoms with Gasteiger partial charge in [0, 0.05) is 16.6 Å². The molecule has 0 radical (unpaired) electrons. The summed E-state index contributed by atoms with van der Waals surface area (Å²) >= 11 is 0. The van der Waals surface area contributed by atoms with Gasteiger partial charge in [0.1, 0.15) is 0 Å². The third kappa shape index (κ3) is 4.36. The van der Waals surface area contributed by atoms with Gasteiger partial charge in [0.15, 0.2) is 5.69 Å². The SMILES string of the molecule is Cc1cc(NC(=O)c2nn(CC(C)(C)O)c3ccccc23)ccc1C1=C2C=CC=CC2C(=O)N=N1. The zero-order chi connectivity index (χ0) is 24.7. The molecular formula is C27H25N5O3. The molecule has 1 aromatic heterocycles. The van der Waals surface area contributed by atoms with Crippen LogP contribution in [0.15, 0.2) is 82.6 Å². The van der Waals surface area contributed by atoms with Gasteiger partial charge in [-0.25, -0.2) is 0 Å². The number of nitrogens with zero attached hydrogens (tertiary/aromatic N) is 4. The molecule has 2 N–H and O–H groups in total. The lowest BCUT2D eigenvalue weighted by Gasteiger charge is -2.20. The molecule has 0 bridgehead atoms. The number of benzene rings is 2. The number of anilines is 1. The van der Waals surface area contributed by atoms with Crippen LogP contribution in [-0.2, 0) is 11.3 Å². The van der Waals surface area contributed by atoms with Gasteiger partial charge in [0.05, 0.1) is 29.3 Å². The molecule has 1 atom stereocenters. The summed E-state index contributed by atoms with van der Waals surface area (Å²) in [5.41, 5.74) is 3.91. The van der Waals surface area contributed by atoms with Crippen LogP contribution in [0, 0.1) is 12.8 Å². The molecule has 1 aliphatic carbocycles. The molecule has 2 aromatic carbocycles. The van der Waals surface area contributed by atoms with Crippen molar-refractivity contribution in [3.05, 3.63) is 89.2 Å². The molecule has 8 nitrogen and oxygen atoms in total. The van der Waals surface area contributed by atoms with Crippen LogP contribution >= 0.6 is 0 Å². The molecule has 35 heavy (non-hydrogen) atoms. The molecule has 176 valence electrons. The number of fused-ring (bicyclic) bond motifs is 2. The van der Waals surface area contributed by atoms with E-state index in [4.69, 9.17) is 0 Å². The highest BCUT2D eigenvalue weighted by Crippen LogP contribution is 2.36. The largest absolute Gasteiger partial charge is 0.389 e. The first-order chi connectivity index (χ1) is 16.7. The number of aryl methyl sites for hydroxylation is 1. The Balaban J connectivity index is 1.44. The van der Waals surface area contributed by atoms with E-state index in [2.05, 4.69) is 20.6 Å². The molecule has 3 aromatic rings. The van der Waals surface area contributed by atoms with Crippen molar-refractivity contribution in [1.29, 1.82) is 0 Å². The number of rotatable bonds is 5. The van der Waals surface area contributed by atoms with Crippen LogP contribution in [0.2, 0.25) is 0 Å². The van der Waals surface area contributed by atoms with Gasteiger partial charge >= 0.3 is 0 Å². The molecule has 1 aliphatic heterocycles. The van der Waals surface area contributed by atoms with Crippen molar-refractivity contribution in [3.63, 3.8) is 0 Å². The lowest BCUT2D eigenvalue weighted by atomic mass is 9.88. The topological polar surface area (TPSA) is 109 Å². The Hall–Kier alpha value is -4.17. The number of nitrogens with one attached hydrogen (secondary N) is 1. The zero-order valence-corrected chi connectivity index (χ0v) is 19.7. The van der Waals surface area contributed by atoms with Gasteiger partial charge in [0.2, 0.25) is 0 Å². The van der Waals surface area contributed by atoms with Gasteiger partial charge < -0.3 is 10.4 Å². The number of carbonyl (C=O) groups is 2. The van der Waals surface area contributed by atoms with E-state index >= 15 is 0 Å². The van der Waals surface area contributed by atoms with E-state index in [1.54, 1.807) is 24.6 Å². The highest BCUT2D eigenvalue weighted by atomic mass is 16.3. The van der Waals surface area contributed by atoms with E-state index < -0.39 is 11.5 Å². The van der Waals surface area contributed by atoms with Crippen molar-refractivity contribution in [1.82, 2.24) is 9.78 Å². The average Bonchev–Trinajstić information content (AvgIpc) is 3.17. The number of carbonyl (C=O) groups excluding carboxylic acids is 2. The first-order valence-electron chi connectivity index (χ1n) is 11.4. The summed E-state index contributed by atoms with van der Waals surface area (Å²) in [5.74, 6) is -1.03. The van der Waals surface area contributed by atoms with Gasteiger partial charge in [0.25, 0.3) is 11.8 Å². The van der Waals surface area contributed by atoms with Crippen LogP contribution in [0.1, 0.15) is 35.5 Å². The minimum absolute atomic E-state index is 0.258. The standard InChI is InChI=1S/C27H25N5O3/c1-16-14-17(12-13-18(16)23-19-8-4-5-9-20(19)25(33)30-29-23)28-26(34)24-21-10-6-7-11-22(21)32(31-24)15-27(2,3)35/h4-14,20,35H,15H2,1-3H3,(H,28,34). The summed E-state index contributed by atoms with van der Waals surface area (Å²) in [6, 6.07) is 13.0. The van der Waals surface area contributed by atoms with E-state index in [9.17, 15) is 14.7 Å². The summed E-state index contributed by atoms with van der Waals surface area (Å²) in [6.07, 6.45) is 7.43. The highest BCUT2D eigenvalue weighted by Gasteiger charge is 2.28. The molecule has 2 heterocycles. The molecule has 1 unspecified atom stereocenters. The van der Waals surface area contributed by atoms with Crippen LogP contribution in [0.25, 0.3) is 16.6 Å². The van der Waals surface area contributed by atoms with Crippen molar-refractivity contribution in [2.75, 3.05) is 5.32 Å². The number of allylic oxidation sites excluding steroid dienone is 3. The summed E-state index contributed by atoms with van der Waals surface area (Å²) in [7, 11) is 0. The van der Waals surface area contributed by atoms with Crippen molar-refractivity contribution in [3.8, 4) is 0 Å². The molecule has 0 fully saturated rings. The monoisotopic (exact) mass is 467 g/mol. The van der Waals surface area contributed by atoms with Crippen LogP contribution in [0.3, 0.4) is 0 Å². The van der Waals surface area contributed by atoms with Crippen LogP contribution in [0.5, 0.6) is 0 Å². The lowest BCUT2D eigenvalue weighted by Crippen LogP contribution is -2.27. The normalized spacial score (nSPS) is 17.3. The number of aliphatic hydroxyl groups is 1. The van der Waals surface area contributed by atoms with Crippen molar-refractivity contribution < 1.29 is 14.7 Å². The summed E-state index contributed by atoms with van der Waals surface area (Å²) in [6.45, 7) is 5.59. The first kappa shape index (κ1) is 22.6. The number of hydrogen-bond donors (Lipinski definition) is 2. The summed E-state index contributed by atoms with van der Waals surface area (Å²) in [4.78, 5) is 25.3. The number of hydrogen-bond acceptors (Lipinski definition) is 5. The van der Waals surface area contributed by atoms with Crippen molar-refractivity contribution in [2.45, 2.75) is 32.9 Å². The molecular weight excluding hydrogens is 442 g/mol. The molecule has 0 spiro atoms. The number of aromatic nitrogens is 2. The fourth-order valence-corrected chi connectivity index (χ4v) is 4.39. The van der Waals surface area contributed by atoms with Crippen LogP contribution in [0.4, 0.5) is 5.69 Å². The fourth-order valence-electron chi connectivity index (χ4n) is 4.39. The maximum absolute atomic E-state index is 13.2. The van der Waals surface area contributed by atoms with Gasteiger partial charge in [-0.3, -0.25) is 14.3 Å². The highest BCUT2D eigenvalue weighted by molar-refractivity contribution is 6.11. The molecule has 8 heteroatoms. The minimum atomic E-state index is -0.978. The second kappa shape index (κ2) is 8.56. The lowest BCUT2D eigenvalue weighted by molar-refractivity contribution is -0.119. The van der Waals surface area contributed by atoms with Crippen LogP contribution < -0.4 is 5.32 Å². The Kier molecular flexibility index (Phi) is 5.53. The van der Waals surface area contributed by atoms with Crippen molar-refractivity contribution in [2.24, 2.45) is 16.1 Å². The summed E-state index contributed by atoms with van der Waals surface area (Å²) < 4.78 is 1.66. The Morgan fingerprint density at radius 3 is 2.71 bits per heavy atom. The maximum Gasteiger partial charge on any atom is 0.276 e. The van der Waals surface area contributed by atoms with E-state index in [0.29, 0.717) is 16.8 Å². The molecule has 2 amide bonds. The summed E-state index contributed by atoms with van der Waals surface area (Å²) in [5, 5.41) is 26.4. The van der Waals surface area contributed by atoms with Gasteiger partial charge in [-0.1, -0.05) is 48.6 Å². The molecule has 0 saturated carbocycles. The molecule has 0 saturated heterocycles. The van der Waals surface area contributed by atoms with E-state index in [0.717, 1.165) is 22.2 Å². The third-order valence-electron chi connectivity index (χ3n) is 5.96. The Labute approximate surface area is 202 Å². The van der Waals surface area contributed by atoms with Gasteiger partial charge in [-0.05, 0) is 50.1 Å². The Bertz CT molecular complexity index is 1480. The first-order valence-corrected chi connectivity index (χ1v) is 11.4. The quantitative estimate of drug-likeness (QED) is 0.561. The smallest absolute Gasteiger partial charge is 0.276 e. The third-order valence-corrected chi connectivity index (χ3v) is 5.96. The maximum atomic E-state index is 13.2. The number of azo groups is 1. The predicted molar refractivity (Wildman–Crippen MR) is 134 cm³/mol. The molecule has 5 rings (SSSR count). The number of para-hydroxylation sites is 1. The second-order valence-electron chi connectivity index (χ2n) is 9.38. The Morgan fingerprint density at radius 2 is 1.94 bits per heavy atom. The minimum Gasteiger partial charge on any atom is -0.389 e. The van der Waals surface area contributed by atoms with E-state index in [-0.39, 0.29) is 24.1 Å². The fraction of sp³-hybridized carbons (Fsp3) is 0.222. The average molecular weight is 468 g/mol. The van der Waals surface area contributed by atoms with E-state index in [1.807, 2.05) is 67.6 Å². The Morgan fingerprint density at radius 1 is 1.14 bits per heavy atom. The number of amides is 2.